The predicted octanol–water partition coefficient (Wildman–Crippen LogP) is 4.20. The molecule has 0 spiro atoms. The molecule has 2 aromatic carbocycles. The number of benzene rings is 2. The monoisotopic (exact) mass is 442 g/mol. The van der Waals surface area contributed by atoms with Crippen LogP contribution in [0.5, 0.6) is 0 Å². The smallest absolute Gasteiger partial charge is 0.335 e. The van der Waals surface area contributed by atoms with Gasteiger partial charge in [0.2, 0.25) is 5.91 Å². The fourth-order valence-corrected chi connectivity index (χ4v) is 4.02. The van der Waals surface area contributed by atoms with E-state index in [1.165, 1.54) is 23.8 Å². The Balaban J connectivity index is 1.64. The zero-order chi connectivity index (χ0) is 22.5. The zero-order valence-electron chi connectivity index (χ0n) is 17.7. The summed E-state index contributed by atoms with van der Waals surface area (Å²) >= 11 is 5.97. The van der Waals surface area contributed by atoms with Gasteiger partial charge in [-0.2, -0.15) is 0 Å². The Morgan fingerprint density at radius 2 is 1.65 bits per heavy atom. The van der Waals surface area contributed by atoms with Gasteiger partial charge < -0.3 is 15.3 Å². The van der Waals surface area contributed by atoms with Crippen LogP contribution in [-0.2, 0) is 4.79 Å². The summed E-state index contributed by atoms with van der Waals surface area (Å²) in [7, 11) is 0. The van der Waals surface area contributed by atoms with Crippen molar-refractivity contribution in [2.45, 2.75) is 38.6 Å². The molecule has 2 N–H and O–H groups in total. The van der Waals surface area contributed by atoms with Gasteiger partial charge in [0.25, 0.3) is 5.91 Å². The number of aromatic carboxylic acids is 1. The van der Waals surface area contributed by atoms with Gasteiger partial charge in [0, 0.05) is 23.7 Å². The van der Waals surface area contributed by atoms with Gasteiger partial charge in [-0.1, -0.05) is 43.6 Å². The van der Waals surface area contributed by atoms with Crippen LogP contribution in [0, 0.1) is 5.92 Å². The molecule has 7 heteroatoms. The number of nitrogens with one attached hydrogen (secondary N) is 1. The molecule has 0 bridgehead atoms. The number of amides is 2. The molecule has 31 heavy (non-hydrogen) atoms. The Kier molecular flexibility index (Phi) is 7.33. The first-order valence-corrected chi connectivity index (χ1v) is 10.8. The number of carboxylic acids is 1. The average molecular weight is 443 g/mol. The maximum Gasteiger partial charge on any atom is 0.335 e. The molecule has 1 aliphatic heterocycles. The molecule has 1 fully saturated rings. The fraction of sp³-hybridized carbons (Fsp3) is 0.375. The van der Waals surface area contributed by atoms with Gasteiger partial charge in [-0.05, 0) is 60.6 Å². The molecule has 0 saturated carbocycles. The topological polar surface area (TPSA) is 86.7 Å². The Morgan fingerprint density at radius 3 is 2.23 bits per heavy atom. The Labute approximate surface area is 187 Å². The maximum absolute atomic E-state index is 13.2. The van der Waals surface area contributed by atoms with Gasteiger partial charge >= 0.3 is 5.97 Å². The lowest BCUT2D eigenvalue weighted by Crippen LogP contribution is -2.52. The van der Waals surface area contributed by atoms with Crippen LogP contribution in [0.1, 0.15) is 58.9 Å². The van der Waals surface area contributed by atoms with Gasteiger partial charge in [0.1, 0.15) is 6.04 Å². The fourth-order valence-electron chi connectivity index (χ4n) is 3.90. The van der Waals surface area contributed by atoms with Crippen LogP contribution in [0.4, 0.5) is 0 Å². The summed E-state index contributed by atoms with van der Waals surface area (Å²) in [5, 5.41) is 12.7. The van der Waals surface area contributed by atoms with Crippen LogP contribution < -0.4 is 5.32 Å². The molecule has 1 aliphatic rings. The van der Waals surface area contributed by atoms with E-state index in [9.17, 15) is 14.4 Å². The Morgan fingerprint density at radius 1 is 1.03 bits per heavy atom. The highest BCUT2D eigenvalue weighted by Gasteiger charge is 2.31. The number of hydrogen-bond acceptors (Lipinski definition) is 3. The molecule has 0 aliphatic carbocycles. The number of nitrogens with zero attached hydrogens (tertiary/aromatic N) is 1. The number of likely N-dealkylation sites (tertiary alicyclic amines) is 1. The minimum absolute atomic E-state index is 0.0318. The molecule has 6 nitrogen and oxygen atoms in total. The van der Waals surface area contributed by atoms with E-state index in [-0.39, 0.29) is 23.0 Å². The van der Waals surface area contributed by atoms with Crippen molar-refractivity contribution < 1.29 is 19.5 Å². The first kappa shape index (κ1) is 22.8. The number of rotatable bonds is 6. The number of halogens is 1. The molecule has 1 atom stereocenters. The van der Waals surface area contributed by atoms with Crippen molar-refractivity contribution in [3.8, 4) is 0 Å². The van der Waals surface area contributed by atoms with Crippen LogP contribution in [0.15, 0.2) is 48.5 Å². The van der Waals surface area contributed by atoms with Gasteiger partial charge in [-0.3, -0.25) is 9.59 Å². The predicted molar refractivity (Wildman–Crippen MR) is 120 cm³/mol. The highest BCUT2D eigenvalue weighted by molar-refractivity contribution is 6.30. The van der Waals surface area contributed by atoms with E-state index in [1.807, 2.05) is 43.0 Å². The lowest BCUT2D eigenvalue weighted by Gasteiger charge is -2.35. The summed E-state index contributed by atoms with van der Waals surface area (Å²) in [4.78, 5) is 38.8. The second-order valence-corrected chi connectivity index (χ2v) is 8.67. The van der Waals surface area contributed by atoms with Crippen molar-refractivity contribution in [1.82, 2.24) is 10.2 Å². The first-order valence-electron chi connectivity index (χ1n) is 10.4. The number of carbonyl (C=O) groups excluding carboxylic acids is 2. The van der Waals surface area contributed by atoms with Crippen molar-refractivity contribution in [2.75, 3.05) is 13.1 Å². The standard InChI is InChI=1S/C24H27ClN2O4/c1-15(2)21(26-22(28)18-4-3-5-19(14-18)24(30)31)23(29)27-12-10-17(11-13-27)16-6-8-20(25)9-7-16/h3-9,14-15,17,21H,10-13H2,1-2H3,(H,26,28)(H,30,31). The third kappa shape index (κ3) is 5.64. The first-order chi connectivity index (χ1) is 14.8. The summed E-state index contributed by atoms with van der Waals surface area (Å²) in [6, 6.07) is 13.0. The molecule has 164 valence electrons. The quantitative estimate of drug-likeness (QED) is 0.701. The second kappa shape index (κ2) is 9.96. The van der Waals surface area contributed by atoms with Crippen molar-refractivity contribution in [1.29, 1.82) is 0 Å². The molecule has 2 aromatic rings. The summed E-state index contributed by atoms with van der Waals surface area (Å²) in [6.07, 6.45) is 1.71. The van der Waals surface area contributed by atoms with E-state index in [0.29, 0.717) is 24.0 Å². The molecular weight excluding hydrogens is 416 g/mol. The van der Waals surface area contributed by atoms with E-state index in [2.05, 4.69) is 5.32 Å². The van der Waals surface area contributed by atoms with Gasteiger partial charge in [0.15, 0.2) is 0 Å². The summed E-state index contributed by atoms with van der Waals surface area (Å²) in [5.74, 6) is -1.38. The van der Waals surface area contributed by atoms with E-state index in [1.54, 1.807) is 6.07 Å². The summed E-state index contributed by atoms with van der Waals surface area (Å²) in [5.41, 5.74) is 1.48. The molecule has 1 unspecified atom stereocenters. The van der Waals surface area contributed by atoms with Crippen molar-refractivity contribution in [3.63, 3.8) is 0 Å². The maximum atomic E-state index is 13.2. The highest BCUT2D eigenvalue weighted by atomic mass is 35.5. The Hall–Kier alpha value is -2.86. The lowest BCUT2D eigenvalue weighted by molar-refractivity contribution is -0.135. The Bertz CT molecular complexity index is 950. The summed E-state index contributed by atoms with van der Waals surface area (Å²) < 4.78 is 0. The van der Waals surface area contributed by atoms with E-state index in [0.717, 1.165) is 12.8 Å². The second-order valence-electron chi connectivity index (χ2n) is 8.23. The molecule has 0 radical (unpaired) electrons. The van der Waals surface area contributed by atoms with Crippen molar-refractivity contribution in [2.24, 2.45) is 5.92 Å². The molecule has 2 amide bonds. The minimum Gasteiger partial charge on any atom is -0.478 e. The van der Waals surface area contributed by atoms with Crippen LogP contribution in [0.2, 0.25) is 5.02 Å². The van der Waals surface area contributed by atoms with Crippen LogP contribution in [0.3, 0.4) is 0 Å². The highest BCUT2D eigenvalue weighted by Crippen LogP contribution is 2.29. The minimum atomic E-state index is -1.10. The SMILES string of the molecule is CC(C)C(NC(=O)c1cccc(C(=O)O)c1)C(=O)N1CCC(c2ccc(Cl)cc2)CC1. The van der Waals surface area contributed by atoms with Crippen LogP contribution >= 0.6 is 11.6 Å². The normalized spacial score (nSPS) is 15.5. The van der Waals surface area contributed by atoms with E-state index in [4.69, 9.17) is 16.7 Å². The van der Waals surface area contributed by atoms with E-state index >= 15 is 0 Å². The van der Waals surface area contributed by atoms with Gasteiger partial charge in [-0.15, -0.1) is 0 Å². The third-order valence-electron chi connectivity index (χ3n) is 5.74. The lowest BCUT2D eigenvalue weighted by atomic mass is 9.89. The third-order valence-corrected chi connectivity index (χ3v) is 5.99. The van der Waals surface area contributed by atoms with Crippen LogP contribution in [-0.4, -0.2) is 46.9 Å². The van der Waals surface area contributed by atoms with Crippen LogP contribution in [0.25, 0.3) is 0 Å². The number of carbonyl (C=O) groups is 3. The molecule has 1 heterocycles. The largest absolute Gasteiger partial charge is 0.478 e. The average Bonchev–Trinajstić information content (AvgIpc) is 2.77. The number of carboxylic acid groups (broad SMARTS) is 1. The molecule has 1 saturated heterocycles. The van der Waals surface area contributed by atoms with Gasteiger partial charge in [0.05, 0.1) is 5.56 Å². The molecule has 3 rings (SSSR count). The zero-order valence-corrected chi connectivity index (χ0v) is 18.4. The van der Waals surface area contributed by atoms with Crippen molar-refractivity contribution >= 4 is 29.4 Å². The molecular formula is C24H27ClN2O4. The van der Waals surface area contributed by atoms with Crippen molar-refractivity contribution in [3.05, 3.63) is 70.2 Å². The number of piperidine rings is 1. The summed E-state index contributed by atoms with van der Waals surface area (Å²) in [6.45, 7) is 5.02. The van der Waals surface area contributed by atoms with Gasteiger partial charge in [-0.25, -0.2) is 4.79 Å². The number of hydrogen-bond donors (Lipinski definition) is 2. The molecule has 0 aromatic heterocycles. The van der Waals surface area contributed by atoms with E-state index < -0.39 is 17.9 Å².